The van der Waals surface area contributed by atoms with Gasteiger partial charge < -0.3 is 0 Å². The summed E-state index contributed by atoms with van der Waals surface area (Å²) in [6, 6.07) is 10.0. The second-order valence-corrected chi connectivity index (χ2v) is 7.19. The monoisotopic (exact) mass is 322 g/mol. The van der Waals surface area contributed by atoms with Crippen molar-refractivity contribution in [1.82, 2.24) is 9.29 Å². The van der Waals surface area contributed by atoms with Crippen molar-refractivity contribution in [1.29, 1.82) is 0 Å². The van der Waals surface area contributed by atoms with Gasteiger partial charge in [0.1, 0.15) is 5.82 Å². The predicted molar refractivity (Wildman–Crippen MR) is 84.2 cm³/mol. The maximum absolute atomic E-state index is 13.7. The lowest BCUT2D eigenvalue weighted by Crippen LogP contribution is -2.33. The smallest absolute Gasteiger partial charge is 0.214 e. The van der Waals surface area contributed by atoms with Crippen molar-refractivity contribution in [2.24, 2.45) is 0 Å². The summed E-state index contributed by atoms with van der Waals surface area (Å²) in [5.41, 5.74) is 1.33. The minimum Gasteiger partial charge on any atom is -0.264 e. The van der Waals surface area contributed by atoms with Crippen LogP contribution in [0.15, 0.2) is 48.8 Å². The summed E-state index contributed by atoms with van der Waals surface area (Å²) >= 11 is 0. The molecule has 0 aliphatic rings. The fraction of sp³-hybridized carbons (Fsp3) is 0.312. The second-order valence-electron chi connectivity index (χ2n) is 4.94. The molecule has 22 heavy (non-hydrogen) atoms. The Morgan fingerprint density at radius 2 is 1.95 bits per heavy atom. The van der Waals surface area contributed by atoms with Crippen LogP contribution in [0.2, 0.25) is 0 Å². The minimum absolute atomic E-state index is 0.0184. The molecule has 0 aliphatic carbocycles. The van der Waals surface area contributed by atoms with Crippen molar-refractivity contribution in [2.45, 2.75) is 19.9 Å². The number of pyridine rings is 1. The van der Waals surface area contributed by atoms with E-state index in [-0.39, 0.29) is 24.7 Å². The molecular formula is C16H19FN2O2S. The molecule has 118 valence electrons. The summed E-state index contributed by atoms with van der Waals surface area (Å²) in [6.45, 7) is 2.10. The Balaban J connectivity index is 2.14. The van der Waals surface area contributed by atoms with Gasteiger partial charge in [0.25, 0.3) is 0 Å². The van der Waals surface area contributed by atoms with Crippen LogP contribution in [0.3, 0.4) is 0 Å². The van der Waals surface area contributed by atoms with Crippen LogP contribution in [0.5, 0.6) is 0 Å². The van der Waals surface area contributed by atoms with E-state index in [1.807, 2.05) is 6.07 Å². The van der Waals surface area contributed by atoms with Gasteiger partial charge in [-0.25, -0.2) is 12.8 Å². The molecule has 0 N–H and O–H groups in total. The van der Waals surface area contributed by atoms with Gasteiger partial charge in [0.2, 0.25) is 10.0 Å². The van der Waals surface area contributed by atoms with Crippen molar-refractivity contribution in [3.05, 3.63) is 65.7 Å². The largest absolute Gasteiger partial charge is 0.264 e. The highest BCUT2D eigenvalue weighted by Crippen LogP contribution is 2.13. The van der Waals surface area contributed by atoms with Gasteiger partial charge in [-0.2, -0.15) is 4.31 Å². The van der Waals surface area contributed by atoms with E-state index < -0.39 is 10.0 Å². The Labute approximate surface area is 130 Å². The molecule has 2 aromatic rings. The summed E-state index contributed by atoms with van der Waals surface area (Å²) in [5.74, 6) is -0.289. The van der Waals surface area contributed by atoms with Crippen molar-refractivity contribution < 1.29 is 12.8 Å². The van der Waals surface area contributed by atoms with Crippen LogP contribution < -0.4 is 0 Å². The summed E-state index contributed by atoms with van der Waals surface area (Å²) in [7, 11) is -3.36. The van der Waals surface area contributed by atoms with Gasteiger partial charge in [-0.15, -0.1) is 0 Å². The van der Waals surface area contributed by atoms with Crippen LogP contribution in [-0.2, 0) is 23.0 Å². The number of halogens is 1. The number of nitrogens with zero attached hydrogens (tertiary/aromatic N) is 2. The molecule has 0 saturated heterocycles. The Morgan fingerprint density at radius 3 is 2.59 bits per heavy atom. The zero-order valence-electron chi connectivity index (χ0n) is 12.4. The zero-order valence-corrected chi connectivity index (χ0v) is 13.3. The van der Waals surface area contributed by atoms with Crippen LogP contribution in [0.1, 0.15) is 18.1 Å². The standard InChI is InChI=1S/C16H19FN2O2S/c1-2-22(20,21)19(13-14-6-5-10-18-12-14)11-9-15-7-3-4-8-16(15)17/h3-8,10,12H,2,9,11,13H2,1H3. The third-order valence-electron chi connectivity index (χ3n) is 3.43. The number of benzene rings is 1. The first kappa shape index (κ1) is 16.6. The van der Waals surface area contributed by atoms with E-state index >= 15 is 0 Å². The molecule has 0 aliphatic heterocycles. The number of hydrogen-bond donors (Lipinski definition) is 0. The SMILES string of the molecule is CCS(=O)(=O)N(CCc1ccccc1F)Cc1cccnc1. The number of rotatable bonds is 7. The molecule has 0 bridgehead atoms. The number of sulfonamides is 1. The second kappa shape index (κ2) is 7.47. The lowest BCUT2D eigenvalue weighted by molar-refractivity contribution is 0.407. The van der Waals surface area contributed by atoms with E-state index in [1.54, 1.807) is 43.6 Å². The van der Waals surface area contributed by atoms with Gasteiger partial charge in [-0.1, -0.05) is 24.3 Å². The minimum atomic E-state index is -3.36. The van der Waals surface area contributed by atoms with Gasteiger partial charge in [0, 0.05) is 25.5 Å². The van der Waals surface area contributed by atoms with Gasteiger partial charge >= 0.3 is 0 Å². The fourth-order valence-corrected chi connectivity index (χ4v) is 3.22. The quantitative estimate of drug-likeness (QED) is 0.787. The first-order chi connectivity index (χ1) is 10.5. The highest BCUT2D eigenvalue weighted by molar-refractivity contribution is 7.89. The summed E-state index contributed by atoms with van der Waals surface area (Å²) < 4.78 is 39.5. The van der Waals surface area contributed by atoms with Crippen molar-refractivity contribution in [3.8, 4) is 0 Å². The van der Waals surface area contributed by atoms with Gasteiger partial charge in [-0.05, 0) is 36.6 Å². The number of hydrogen-bond acceptors (Lipinski definition) is 3. The van der Waals surface area contributed by atoms with Crippen molar-refractivity contribution in [2.75, 3.05) is 12.3 Å². The molecule has 1 heterocycles. The molecular weight excluding hydrogens is 303 g/mol. The van der Waals surface area contributed by atoms with Crippen LogP contribution in [-0.4, -0.2) is 30.0 Å². The number of aromatic nitrogens is 1. The molecule has 1 aromatic heterocycles. The molecule has 0 fully saturated rings. The average Bonchev–Trinajstić information content (AvgIpc) is 2.53. The highest BCUT2D eigenvalue weighted by Gasteiger charge is 2.20. The third kappa shape index (κ3) is 4.35. The molecule has 6 heteroatoms. The summed E-state index contributed by atoms with van der Waals surface area (Å²) in [5, 5.41) is 0. The van der Waals surface area contributed by atoms with Crippen LogP contribution >= 0.6 is 0 Å². The highest BCUT2D eigenvalue weighted by atomic mass is 32.2. The molecule has 0 amide bonds. The summed E-state index contributed by atoms with van der Waals surface area (Å²) in [4.78, 5) is 4.00. The van der Waals surface area contributed by atoms with E-state index in [9.17, 15) is 12.8 Å². The van der Waals surface area contributed by atoms with E-state index in [2.05, 4.69) is 4.98 Å². The van der Waals surface area contributed by atoms with E-state index in [4.69, 9.17) is 0 Å². The average molecular weight is 322 g/mol. The maximum Gasteiger partial charge on any atom is 0.214 e. The fourth-order valence-electron chi connectivity index (χ4n) is 2.14. The van der Waals surface area contributed by atoms with Gasteiger partial charge in [0.05, 0.1) is 5.75 Å². The zero-order chi connectivity index (χ0) is 16.0. The van der Waals surface area contributed by atoms with E-state index in [0.29, 0.717) is 12.0 Å². The Morgan fingerprint density at radius 1 is 1.18 bits per heavy atom. The van der Waals surface area contributed by atoms with Crippen LogP contribution in [0.25, 0.3) is 0 Å². The molecule has 2 rings (SSSR count). The van der Waals surface area contributed by atoms with Gasteiger partial charge in [-0.3, -0.25) is 4.98 Å². The molecule has 0 radical (unpaired) electrons. The first-order valence-corrected chi connectivity index (χ1v) is 8.74. The molecule has 0 spiro atoms. The molecule has 0 unspecified atom stereocenters. The normalized spacial score (nSPS) is 11.8. The Hall–Kier alpha value is -1.79. The third-order valence-corrected chi connectivity index (χ3v) is 5.26. The van der Waals surface area contributed by atoms with E-state index in [1.165, 1.54) is 10.4 Å². The molecule has 4 nitrogen and oxygen atoms in total. The van der Waals surface area contributed by atoms with Crippen molar-refractivity contribution >= 4 is 10.0 Å². The van der Waals surface area contributed by atoms with Crippen LogP contribution in [0.4, 0.5) is 4.39 Å². The summed E-state index contributed by atoms with van der Waals surface area (Å²) in [6.07, 6.45) is 3.62. The van der Waals surface area contributed by atoms with E-state index in [0.717, 1.165) is 5.56 Å². The van der Waals surface area contributed by atoms with Gasteiger partial charge in [0.15, 0.2) is 0 Å². The first-order valence-electron chi connectivity index (χ1n) is 7.13. The lowest BCUT2D eigenvalue weighted by atomic mass is 10.1. The molecule has 0 saturated carbocycles. The topological polar surface area (TPSA) is 50.3 Å². The predicted octanol–water partition coefficient (Wildman–Crippen LogP) is 2.62. The maximum atomic E-state index is 13.7. The Kier molecular flexibility index (Phi) is 5.63. The molecule has 0 atom stereocenters. The molecule has 1 aromatic carbocycles. The Bertz CT molecular complexity index is 705. The van der Waals surface area contributed by atoms with Crippen LogP contribution in [0, 0.1) is 5.82 Å². The lowest BCUT2D eigenvalue weighted by Gasteiger charge is -2.21. The van der Waals surface area contributed by atoms with Crippen molar-refractivity contribution in [3.63, 3.8) is 0 Å².